The molecule has 4 atom stereocenters. The quantitative estimate of drug-likeness (QED) is 0.607. The number of ether oxygens (including phenoxy) is 3. The maximum absolute atomic E-state index is 9.99. The summed E-state index contributed by atoms with van der Waals surface area (Å²) in [6.07, 6.45) is 6.03. The maximum atomic E-state index is 9.99. The fourth-order valence-electron chi connectivity index (χ4n) is 2.96. The van der Waals surface area contributed by atoms with Gasteiger partial charge in [0, 0.05) is 27.3 Å². The lowest BCUT2D eigenvalue weighted by molar-refractivity contribution is -0.0508. The van der Waals surface area contributed by atoms with Crippen LogP contribution in [-0.4, -0.2) is 63.9 Å². The summed E-state index contributed by atoms with van der Waals surface area (Å²) in [6.45, 7) is 4.38. The lowest BCUT2D eigenvalue weighted by Gasteiger charge is -2.31. The maximum Gasteiger partial charge on any atom is 0.0928 e. The molecule has 5 heteroatoms. The average molecular weight is 303 g/mol. The topological polar surface area (TPSA) is 60.0 Å². The van der Waals surface area contributed by atoms with Crippen LogP contribution < -0.4 is 5.32 Å². The molecule has 0 aromatic rings. The Bertz CT molecular complexity index is 252. The van der Waals surface area contributed by atoms with Crippen LogP contribution in [0.15, 0.2) is 0 Å². The van der Waals surface area contributed by atoms with Crippen molar-refractivity contribution in [2.75, 3.05) is 40.5 Å². The molecule has 0 aromatic carbocycles. The standard InChI is InChI=1S/C16H33NO4/c1-4-13-7-5-6-8-16(13)21-11-14(18)9-17-10-15(20-3)12-19-2/h13-18H,4-12H2,1-3H3. The average Bonchev–Trinajstić information content (AvgIpc) is 2.52. The Morgan fingerprint density at radius 3 is 2.57 bits per heavy atom. The second-order valence-corrected chi connectivity index (χ2v) is 5.95. The molecular weight excluding hydrogens is 270 g/mol. The van der Waals surface area contributed by atoms with Crippen LogP contribution in [0, 0.1) is 5.92 Å². The van der Waals surface area contributed by atoms with Crippen LogP contribution in [0.4, 0.5) is 0 Å². The van der Waals surface area contributed by atoms with E-state index < -0.39 is 6.10 Å². The van der Waals surface area contributed by atoms with Gasteiger partial charge in [0.2, 0.25) is 0 Å². The predicted molar refractivity (Wildman–Crippen MR) is 83.5 cm³/mol. The van der Waals surface area contributed by atoms with E-state index in [1.54, 1.807) is 14.2 Å². The van der Waals surface area contributed by atoms with Gasteiger partial charge in [0.05, 0.1) is 31.5 Å². The van der Waals surface area contributed by atoms with Gasteiger partial charge >= 0.3 is 0 Å². The van der Waals surface area contributed by atoms with Gasteiger partial charge in [-0.1, -0.05) is 26.2 Å². The van der Waals surface area contributed by atoms with Crippen molar-refractivity contribution < 1.29 is 19.3 Å². The van der Waals surface area contributed by atoms with E-state index in [9.17, 15) is 5.11 Å². The van der Waals surface area contributed by atoms with Gasteiger partial charge in [-0.05, 0) is 18.8 Å². The van der Waals surface area contributed by atoms with Crippen molar-refractivity contribution >= 4 is 0 Å². The highest BCUT2D eigenvalue weighted by Gasteiger charge is 2.24. The predicted octanol–water partition coefficient (Wildman–Crippen LogP) is 1.58. The largest absolute Gasteiger partial charge is 0.389 e. The molecule has 5 nitrogen and oxygen atoms in total. The zero-order valence-corrected chi connectivity index (χ0v) is 13.8. The van der Waals surface area contributed by atoms with Crippen LogP contribution in [0.5, 0.6) is 0 Å². The minimum atomic E-state index is -0.468. The van der Waals surface area contributed by atoms with E-state index in [4.69, 9.17) is 14.2 Å². The van der Waals surface area contributed by atoms with Crippen molar-refractivity contribution in [2.45, 2.75) is 57.3 Å². The SMILES string of the molecule is CCC1CCCCC1OCC(O)CNCC(COC)OC. The van der Waals surface area contributed by atoms with Gasteiger partial charge in [-0.15, -0.1) is 0 Å². The van der Waals surface area contributed by atoms with Crippen LogP contribution >= 0.6 is 0 Å². The van der Waals surface area contributed by atoms with E-state index in [2.05, 4.69) is 12.2 Å². The summed E-state index contributed by atoms with van der Waals surface area (Å²) >= 11 is 0. The van der Waals surface area contributed by atoms with E-state index in [1.165, 1.54) is 25.7 Å². The van der Waals surface area contributed by atoms with E-state index in [-0.39, 0.29) is 6.10 Å². The van der Waals surface area contributed by atoms with Crippen LogP contribution in [-0.2, 0) is 14.2 Å². The molecule has 0 saturated heterocycles. The molecule has 1 saturated carbocycles. The molecule has 0 aromatic heterocycles. The molecule has 0 spiro atoms. The molecule has 21 heavy (non-hydrogen) atoms. The summed E-state index contributed by atoms with van der Waals surface area (Å²) in [6, 6.07) is 0. The molecule has 1 rings (SSSR count). The Morgan fingerprint density at radius 2 is 1.90 bits per heavy atom. The van der Waals surface area contributed by atoms with Crippen molar-refractivity contribution in [2.24, 2.45) is 5.92 Å². The summed E-state index contributed by atoms with van der Waals surface area (Å²) in [5.41, 5.74) is 0. The van der Waals surface area contributed by atoms with Gasteiger partial charge in [-0.25, -0.2) is 0 Å². The number of hydrogen-bond donors (Lipinski definition) is 2. The molecule has 1 fully saturated rings. The molecule has 1 aliphatic rings. The highest BCUT2D eigenvalue weighted by Crippen LogP contribution is 2.29. The molecular formula is C16H33NO4. The van der Waals surface area contributed by atoms with Gasteiger partial charge in [0.25, 0.3) is 0 Å². The fourth-order valence-corrected chi connectivity index (χ4v) is 2.96. The van der Waals surface area contributed by atoms with Gasteiger partial charge in [-0.3, -0.25) is 0 Å². The smallest absolute Gasteiger partial charge is 0.0928 e. The molecule has 0 radical (unpaired) electrons. The second-order valence-electron chi connectivity index (χ2n) is 5.95. The van der Waals surface area contributed by atoms with Crippen molar-refractivity contribution in [3.8, 4) is 0 Å². The van der Waals surface area contributed by atoms with E-state index >= 15 is 0 Å². The molecule has 0 bridgehead atoms. The molecule has 2 N–H and O–H groups in total. The van der Waals surface area contributed by atoms with Crippen molar-refractivity contribution in [1.29, 1.82) is 0 Å². The molecule has 0 aliphatic heterocycles. The van der Waals surface area contributed by atoms with Crippen molar-refractivity contribution in [1.82, 2.24) is 5.32 Å². The third-order valence-electron chi connectivity index (χ3n) is 4.30. The summed E-state index contributed by atoms with van der Waals surface area (Å²) in [5, 5.41) is 13.2. The molecule has 0 heterocycles. The van der Waals surface area contributed by atoms with Crippen LogP contribution in [0.2, 0.25) is 0 Å². The highest BCUT2D eigenvalue weighted by molar-refractivity contribution is 4.75. The first kappa shape index (κ1) is 18.8. The highest BCUT2D eigenvalue weighted by atomic mass is 16.5. The van der Waals surface area contributed by atoms with Gasteiger partial charge in [-0.2, -0.15) is 0 Å². The number of hydrogen-bond acceptors (Lipinski definition) is 5. The molecule has 0 amide bonds. The van der Waals surface area contributed by atoms with Gasteiger partial charge < -0.3 is 24.6 Å². The Hall–Kier alpha value is -0.200. The Kier molecular flexibility index (Phi) is 10.2. The number of aliphatic hydroxyl groups is 1. The first-order valence-electron chi connectivity index (χ1n) is 8.23. The van der Waals surface area contributed by atoms with Gasteiger partial charge in [0.1, 0.15) is 0 Å². The first-order valence-corrected chi connectivity index (χ1v) is 8.23. The van der Waals surface area contributed by atoms with E-state index in [1.807, 2.05) is 0 Å². The summed E-state index contributed by atoms with van der Waals surface area (Å²) in [4.78, 5) is 0. The number of nitrogens with one attached hydrogen (secondary N) is 1. The second kappa shape index (κ2) is 11.4. The molecule has 1 aliphatic carbocycles. The zero-order chi connectivity index (χ0) is 15.5. The van der Waals surface area contributed by atoms with E-state index in [0.29, 0.717) is 38.3 Å². The molecule has 126 valence electrons. The Labute approximate surface area is 129 Å². The lowest BCUT2D eigenvalue weighted by Crippen LogP contribution is -2.39. The minimum absolute atomic E-state index is 0.0194. The van der Waals surface area contributed by atoms with Crippen LogP contribution in [0.3, 0.4) is 0 Å². The number of methoxy groups -OCH3 is 2. The summed E-state index contributed by atoms with van der Waals surface area (Å²) in [7, 11) is 3.32. The molecule has 4 unspecified atom stereocenters. The minimum Gasteiger partial charge on any atom is -0.389 e. The lowest BCUT2D eigenvalue weighted by atomic mass is 9.85. The third kappa shape index (κ3) is 7.56. The number of rotatable bonds is 11. The normalized spacial score (nSPS) is 25.7. The fraction of sp³-hybridized carbons (Fsp3) is 1.00. The Morgan fingerprint density at radius 1 is 1.14 bits per heavy atom. The van der Waals surface area contributed by atoms with E-state index in [0.717, 1.165) is 6.42 Å². The van der Waals surface area contributed by atoms with Crippen molar-refractivity contribution in [3.63, 3.8) is 0 Å². The Balaban J connectivity index is 2.13. The van der Waals surface area contributed by atoms with Crippen molar-refractivity contribution in [3.05, 3.63) is 0 Å². The monoisotopic (exact) mass is 303 g/mol. The number of aliphatic hydroxyl groups excluding tert-OH is 1. The summed E-state index contributed by atoms with van der Waals surface area (Å²) in [5.74, 6) is 0.665. The first-order chi connectivity index (χ1) is 10.2. The zero-order valence-electron chi connectivity index (χ0n) is 13.8. The summed E-state index contributed by atoms with van der Waals surface area (Å²) < 4.78 is 16.2. The van der Waals surface area contributed by atoms with Crippen LogP contribution in [0.25, 0.3) is 0 Å². The van der Waals surface area contributed by atoms with Gasteiger partial charge in [0.15, 0.2) is 0 Å². The van der Waals surface area contributed by atoms with Crippen LogP contribution in [0.1, 0.15) is 39.0 Å². The third-order valence-corrected chi connectivity index (χ3v) is 4.30.